The van der Waals surface area contributed by atoms with E-state index in [2.05, 4.69) is 25.8 Å². The predicted molar refractivity (Wildman–Crippen MR) is 108 cm³/mol. The minimum atomic E-state index is -0.386. The molecule has 142 valence electrons. The van der Waals surface area contributed by atoms with Gasteiger partial charge in [-0.2, -0.15) is 4.98 Å². The largest absolute Gasteiger partial charge is 0.341 e. The van der Waals surface area contributed by atoms with Gasteiger partial charge in [0, 0.05) is 37.7 Å². The van der Waals surface area contributed by atoms with Crippen LogP contribution in [0.25, 0.3) is 11.2 Å². The normalized spacial score (nSPS) is 17.2. The predicted octanol–water partition coefficient (Wildman–Crippen LogP) is 0.782. The van der Waals surface area contributed by atoms with Gasteiger partial charge in [-0.25, -0.2) is 4.79 Å². The summed E-state index contributed by atoms with van der Waals surface area (Å²) in [5.74, 6) is 0.673. The van der Waals surface area contributed by atoms with E-state index in [1.54, 1.807) is 7.05 Å². The highest BCUT2D eigenvalue weighted by molar-refractivity contribution is 9.10. The van der Waals surface area contributed by atoms with Crippen molar-refractivity contribution < 1.29 is 0 Å². The molecule has 0 bridgehead atoms. The third-order valence-electron chi connectivity index (χ3n) is 5.12. The first-order valence-electron chi connectivity index (χ1n) is 8.78. The van der Waals surface area contributed by atoms with E-state index in [1.807, 2.05) is 28.8 Å². The van der Waals surface area contributed by atoms with E-state index in [4.69, 9.17) is 5.73 Å². The van der Waals surface area contributed by atoms with Crippen molar-refractivity contribution in [3.8, 4) is 0 Å². The molecule has 1 atom stereocenters. The van der Waals surface area contributed by atoms with Crippen molar-refractivity contribution in [3.63, 3.8) is 0 Å². The lowest BCUT2D eigenvalue weighted by atomic mass is 10.2. The molecule has 8 nitrogen and oxygen atoms in total. The minimum Gasteiger partial charge on any atom is -0.341 e. The number of hydrogen-bond acceptors (Lipinski definition) is 5. The maximum atomic E-state index is 12.9. The van der Waals surface area contributed by atoms with E-state index < -0.39 is 0 Å². The van der Waals surface area contributed by atoms with Crippen LogP contribution in [0, 0.1) is 0 Å². The zero-order valence-corrected chi connectivity index (χ0v) is 16.8. The Morgan fingerprint density at radius 2 is 1.96 bits per heavy atom. The van der Waals surface area contributed by atoms with Crippen LogP contribution in [0.1, 0.15) is 12.0 Å². The fourth-order valence-electron chi connectivity index (χ4n) is 3.59. The summed E-state index contributed by atoms with van der Waals surface area (Å²) in [6, 6.07) is 7.95. The Labute approximate surface area is 164 Å². The molecule has 0 aliphatic carbocycles. The van der Waals surface area contributed by atoms with E-state index in [0.717, 1.165) is 27.6 Å². The molecule has 0 amide bonds. The van der Waals surface area contributed by atoms with Gasteiger partial charge in [-0.1, -0.05) is 34.1 Å². The number of nitrogens with zero attached hydrogens (tertiary/aromatic N) is 5. The van der Waals surface area contributed by atoms with Gasteiger partial charge < -0.3 is 10.6 Å². The van der Waals surface area contributed by atoms with Gasteiger partial charge in [0.1, 0.15) is 0 Å². The van der Waals surface area contributed by atoms with Crippen molar-refractivity contribution in [2.45, 2.75) is 19.0 Å². The van der Waals surface area contributed by atoms with Crippen LogP contribution in [0.4, 0.5) is 5.95 Å². The number of anilines is 1. The average Bonchev–Trinajstić information content (AvgIpc) is 3.24. The molecule has 0 unspecified atom stereocenters. The van der Waals surface area contributed by atoms with Crippen molar-refractivity contribution in [1.29, 1.82) is 0 Å². The molecule has 0 radical (unpaired) electrons. The molecule has 1 saturated heterocycles. The second-order valence-electron chi connectivity index (χ2n) is 6.96. The Morgan fingerprint density at radius 3 is 2.63 bits per heavy atom. The first kappa shape index (κ1) is 18.0. The molecule has 3 aromatic rings. The van der Waals surface area contributed by atoms with Gasteiger partial charge in [0.25, 0.3) is 5.56 Å². The summed E-state index contributed by atoms with van der Waals surface area (Å²) in [6.45, 7) is 1.91. The molecular weight excluding hydrogens is 412 g/mol. The monoisotopic (exact) mass is 432 g/mol. The van der Waals surface area contributed by atoms with Gasteiger partial charge in [0.15, 0.2) is 11.2 Å². The molecule has 3 heterocycles. The Hall–Kier alpha value is -2.39. The molecule has 0 saturated carbocycles. The highest BCUT2D eigenvalue weighted by atomic mass is 79.9. The Bertz CT molecular complexity index is 1150. The number of aromatic nitrogens is 4. The third-order valence-corrected chi connectivity index (χ3v) is 5.90. The zero-order valence-electron chi connectivity index (χ0n) is 15.2. The summed E-state index contributed by atoms with van der Waals surface area (Å²) in [5, 5.41) is 0. The summed E-state index contributed by atoms with van der Waals surface area (Å²) in [6.07, 6.45) is 0.870. The standard InChI is InChI=1S/C18H21BrN6O2/c1-22-15-14(16(26)23(2)18(22)27)25(9-11-5-3-4-6-13(11)19)17(21-15)24-8-7-12(20)10-24/h3-6,12H,7-10,20H2,1-2H3/t12-/m1/s1. The molecule has 2 N–H and O–H groups in total. The fourth-order valence-corrected chi connectivity index (χ4v) is 4.00. The number of fused-ring (bicyclic) bond motifs is 1. The summed E-state index contributed by atoms with van der Waals surface area (Å²) >= 11 is 3.58. The van der Waals surface area contributed by atoms with Crippen LogP contribution in [-0.2, 0) is 20.6 Å². The van der Waals surface area contributed by atoms with Gasteiger partial charge in [-0.05, 0) is 18.1 Å². The maximum absolute atomic E-state index is 12.9. The number of aryl methyl sites for hydroxylation is 1. The summed E-state index contributed by atoms with van der Waals surface area (Å²) < 4.78 is 5.40. The molecule has 1 aliphatic heterocycles. The molecule has 1 aliphatic rings. The van der Waals surface area contributed by atoms with Crippen LogP contribution >= 0.6 is 15.9 Å². The molecule has 0 spiro atoms. The van der Waals surface area contributed by atoms with Gasteiger partial charge >= 0.3 is 5.69 Å². The number of hydrogen-bond donors (Lipinski definition) is 1. The molecule has 9 heteroatoms. The van der Waals surface area contributed by atoms with Crippen LogP contribution in [0.2, 0.25) is 0 Å². The highest BCUT2D eigenvalue weighted by Gasteiger charge is 2.27. The first-order valence-corrected chi connectivity index (χ1v) is 9.58. The van der Waals surface area contributed by atoms with Crippen LogP contribution in [-0.4, -0.2) is 37.8 Å². The van der Waals surface area contributed by atoms with Crippen LogP contribution in [0.5, 0.6) is 0 Å². The van der Waals surface area contributed by atoms with Gasteiger partial charge in [-0.3, -0.25) is 18.5 Å². The van der Waals surface area contributed by atoms with Crippen molar-refractivity contribution in [3.05, 3.63) is 55.1 Å². The maximum Gasteiger partial charge on any atom is 0.332 e. The van der Waals surface area contributed by atoms with Crippen molar-refractivity contribution in [2.75, 3.05) is 18.0 Å². The second kappa shape index (κ2) is 6.65. The van der Waals surface area contributed by atoms with Gasteiger partial charge in [-0.15, -0.1) is 0 Å². The lowest BCUT2D eigenvalue weighted by Crippen LogP contribution is -2.37. The smallest absolute Gasteiger partial charge is 0.332 e. The molecule has 27 heavy (non-hydrogen) atoms. The molecule has 1 aromatic carbocycles. The summed E-state index contributed by atoms with van der Waals surface area (Å²) in [5.41, 5.74) is 7.19. The quantitative estimate of drug-likeness (QED) is 0.660. The highest BCUT2D eigenvalue weighted by Crippen LogP contribution is 2.26. The number of nitrogens with two attached hydrogens (primary N) is 1. The summed E-state index contributed by atoms with van der Waals surface area (Å²) in [7, 11) is 3.13. The molecule has 2 aromatic heterocycles. The van der Waals surface area contributed by atoms with Crippen molar-refractivity contribution in [1.82, 2.24) is 18.7 Å². The SMILES string of the molecule is Cn1c(=O)c2c(nc(N3CC[C@@H](N)C3)n2Cc2ccccc2Br)n(C)c1=O. The van der Waals surface area contributed by atoms with E-state index in [-0.39, 0.29) is 17.3 Å². The van der Waals surface area contributed by atoms with Crippen LogP contribution < -0.4 is 21.9 Å². The zero-order chi connectivity index (χ0) is 19.3. The topological polar surface area (TPSA) is 91.1 Å². The van der Waals surface area contributed by atoms with Crippen molar-refractivity contribution in [2.24, 2.45) is 19.8 Å². The fraction of sp³-hybridized carbons (Fsp3) is 0.389. The molecule has 4 rings (SSSR count). The Morgan fingerprint density at radius 1 is 1.22 bits per heavy atom. The summed E-state index contributed by atoms with van der Waals surface area (Å²) in [4.78, 5) is 32.0. The average molecular weight is 433 g/mol. The lowest BCUT2D eigenvalue weighted by Gasteiger charge is -2.19. The van der Waals surface area contributed by atoms with Gasteiger partial charge in [0.05, 0.1) is 6.54 Å². The first-order chi connectivity index (χ1) is 12.9. The Balaban J connectivity index is 2.00. The number of benzene rings is 1. The minimum absolute atomic E-state index is 0.0772. The van der Waals surface area contributed by atoms with Crippen LogP contribution in [0.15, 0.2) is 38.3 Å². The van der Waals surface area contributed by atoms with E-state index in [0.29, 0.717) is 30.2 Å². The van der Waals surface area contributed by atoms with Crippen molar-refractivity contribution >= 4 is 33.0 Å². The van der Waals surface area contributed by atoms with E-state index in [9.17, 15) is 9.59 Å². The lowest BCUT2D eigenvalue weighted by molar-refractivity contribution is 0.701. The number of imidazole rings is 1. The molecule has 1 fully saturated rings. The second-order valence-corrected chi connectivity index (χ2v) is 7.82. The van der Waals surface area contributed by atoms with E-state index in [1.165, 1.54) is 11.6 Å². The molecular formula is C18H21BrN6O2. The van der Waals surface area contributed by atoms with Crippen LogP contribution in [0.3, 0.4) is 0 Å². The van der Waals surface area contributed by atoms with Gasteiger partial charge in [0.2, 0.25) is 5.95 Å². The van der Waals surface area contributed by atoms with E-state index >= 15 is 0 Å². The Kier molecular flexibility index (Phi) is 4.43. The third kappa shape index (κ3) is 2.90. The number of halogens is 1. The number of rotatable bonds is 3.